The molecule has 5 nitrogen and oxygen atoms in total. The van der Waals surface area contributed by atoms with Crippen LogP contribution in [0.15, 0.2) is 48.7 Å². The second-order valence-corrected chi connectivity index (χ2v) is 7.70. The second-order valence-electron chi connectivity index (χ2n) is 6.70. The number of halogens is 1. The molecule has 2 aromatic heterocycles. The van der Waals surface area contributed by atoms with E-state index in [9.17, 15) is 9.18 Å². The van der Waals surface area contributed by atoms with Crippen LogP contribution in [0, 0.1) is 12.7 Å². The molecule has 1 N–H and O–H groups in total. The highest BCUT2D eigenvalue weighted by atomic mass is 32.1. The molecule has 2 unspecified atom stereocenters. The monoisotopic (exact) mass is 397 g/mol. The maximum Gasteiger partial charge on any atom is 0.263 e. The third kappa shape index (κ3) is 3.95. The van der Waals surface area contributed by atoms with Crippen LogP contribution in [0.4, 0.5) is 4.39 Å². The predicted molar refractivity (Wildman–Crippen MR) is 106 cm³/mol. The molecule has 0 saturated carbocycles. The highest BCUT2D eigenvalue weighted by Gasteiger charge is 2.30. The highest BCUT2D eigenvalue weighted by molar-refractivity contribution is 7.17. The molecule has 3 aromatic rings. The zero-order valence-corrected chi connectivity index (χ0v) is 16.2. The number of pyridine rings is 1. The van der Waals surface area contributed by atoms with Gasteiger partial charge in [0, 0.05) is 12.8 Å². The Balaban J connectivity index is 1.59. The van der Waals surface area contributed by atoms with Crippen molar-refractivity contribution in [3.63, 3.8) is 0 Å². The second kappa shape index (κ2) is 8.16. The number of hydrogen-bond donors (Lipinski definition) is 1. The molecule has 28 heavy (non-hydrogen) atoms. The standard InChI is InChI=1S/C21H20FN3O2S/c1-13-19(28-21(24-13)16-5-2-3-11-23-16)20(26)25-18(17-6-4-12-27-17)14-7-9-15(22)10-8-14/h2-3,5,7-11,17-18H,4,6,12H2,1H3,(H,25,26). The Hall–Kier alpha value is -2.64. The van der Waals surface area contributed by atoms with Crippen molar-refractivity contribution in [3.05, 3.63) is 70.6 Å². The van der Waals surface area contributed by atoms with Crippen LogP contribution < -0.4 is 5.32 Å². The van der Waals surface area contributed by atoms with Crippen LogP contribution in [0.3, 0.4) is 0 Å². The summed E-state index contributed by atoms with van der Waals surface area (Å²) < 4.78 is 19.2. The van der Waals surface area contributed by atoms with E-state index in [4.69, 9.17) is 4.74 Å². The minimum Gasteiger partial charge on any atom is -0.376 e. The van der Waals surface area contributed by atoms with E-state index in [-0.39, 0.29) is 23.9 Å². The Morgan fingerprint density at radius 1 is 1.29 bits per heavy atom. The van der Waals surface area contributed by atoms with E-state index in [2.05, 4.69) is 15.3 Å². The van der Waals surface area contributed by atoms with Crippen molar-refractivity contribution >= 4 is 17.2 Å². The van der Waals surface area contributed by atoms with Gasteiger partial charge in [0.15, 0.2) is 0 Å². The zero-order chi connectivity index (χ0) is 19.5. The van der Waals surface area contributed by atoms with Gasteiger partial charge in [0.05, 0.1) is 23.5 Å². The number of carbonyl (C=O) groups excluding carboxylic acids is 1. The van der Waals surface area contributed by atoms with Gasteiger partial charge in [-0.2, -0.15) is 0 Å². The van der Waals surface area contributed by atoms with Crippen LogP contribution in [0.25, 0.3) is 10.7 Å². The van der Waals surface area contributed by atoms with Crippen molar-refractivity contribution in [3.8, 4) is 10.7 Å². The molecule has 0 bridgehead atoms. The van der Waals surface area contributed by atoms with Gasteiger partial charge in [-0.15, -0.1) is 11.3 Å². The quantitative estimate of drug-likeness (QED) is 0.697. The SMILES string of the molecule is Cc1nc(-c2ccccn2)sc1C(=O)NC(c1ccc(F)cc1)C1CCCO1. The normalized spacial score (nSPS) is 17.4. The van der Waals surface area contributed by atoms with Crippen LogP contribution in [0.1, 0.15) is 39.8 Å². The van der Waals surface area contributed by atoms with Gasteiger partial charge in [-0.3, -0.25) is 9.78 Å². The average Bonchev–Trinajstić information content (AvgIpc) is 3.37. The van der Waals surface area contributed by atoms with Crippen LogP contribution in [0.2, 0.25) is 0 Å². The summed E-state index contributed by atoms with van der Waals surface area (Å²) >= 11 is 1.32. The molecule has 0 spiro atoms. The first-order valence-electron chi connectivity index (χ1n) is 9.18. The Kier molecular flexibility index (Phi) is 5.45. The predicted octanol–water partition coefficient (Wildman–Crippen LogP) is 4.30. The first-order chi connectivity index (χ1) is 13.6. The third-order valence-electron chi connectivity index (χ3n) is 4.74. The summed E-state index contributed by atoms with van der Waals surface area (Å²) in [5.41, 5.74) is 2.23. The van der Waals surface area contributed by atoms with Gasteiger partial charge in [-0.25, -0.2) is 9.37 Å². The molecule has 1 saturated heterocycles. The number of hydrogen-bond acceptors (Lipinski definition) is 5. The van der Waals surface area contributed by atoms with Crippen LogP contribution >= 0.6 is 11.3 Å². The van der Waals surface area contributed by atoms with Gasteiger partial charge >= 0.3 is 0 Å². The number of aromatic nitrogens is 2. The fourth-order valence-electron chi connectivity index (χ4n) is 3.34. The number of carbonyl (C=O) groups is 1. The lowest BCUT2D eigenvalue weighted by molar-refractivity contribution is 0.0674. The van der Waals surface area contributed by atoms with Crippen LogP contribution in [-0.4, -0.2) is 28.6 Å². The van der Waals surface area contributed by atoms with Crippen molar-refractivity contribution < 1.29 is 13.9 Å². The highest BCUT2D eigenvalue weighted by Crippen LogP contribution is 2.30. The largest absolute Gasteiger partial charge is 0.376 e. The van der Waals surface area contributed by atoms with Gasteiger partial charge in [0.1, 0.15) is 15.7 Å². The number of nitrogens with one attached hydrogen (secondary N) is 1. The molecule has 1 aromatic carbocycles. The Bertz CT molecular complexity index is 954. The van der Waals surface area contributed by atoms with Gasteiger partial charge < -0.3 is 10.1 Å². The molecule has 1 aliphatic rings. The van der Waals surface area contributed by atoms with E-state index in [1.165, 1.54) is 23.5 Å². The van der Waals surface area contributed by atoms with E-state index in [1.54, 1.807) is 18.3 Å². The number of thiazole rings is 1. The van der Waals surface area contributed by atoms with Crippen LogP contribution in [0.5, 0.6) is 0 Å². The zero-order valence-electron chi connectivity index (χ0n) is 15.4. The van der Waals surface area contributed by atoms with Gasteiger partial charge in [0.2, 0.25) is 0 Å². The van der Waals surface area contributed by atoms with Crippen molar-refractivity contribution in [2.75, 3.05) is 6.61 Å². The Labute approximate surface area is 166 Å². The minimum absolute atomic E-state index is 0.127. The summed E-state index contributed by atoms with van der Waals surface area (Å²) in [7, 11) is 0. The van der Waals surface area contributed by atoms with E-state index in [0.717, 1.165) is 24.1 Å². The van der Waals surface area contributed by atoms with Gasteiger partial charge in [0.25, 0.3) is 5.91 Å². The first kappa shape index (κ1) is 18.7. The van der Waals surface area contributed by atoms with Crippen molar-refractivity contribution in [2.45, 2.75) is 31.9 Å². The molecule has 4 rings (SSSR count). The summed E-state index contributed by atoms with van der Waals surface area (Å²) in [4.78, 5) is 22.4. The van der Waals surface area contributed by atoms with E-state index in [0.29, 0.717) is 22.2 Å². The molecule has 7 heteroatoms. The average molecular weight is 397 g/mol. The number of aryl methyl sites for hydroxylation is 1. The number of amides is 1. The molecular formula is C21H20FN3O2S. The lowest BCUT2D eigenvalue weighted by atomic mass is 9.99. The van der Waals surface area contributed by atoms with Crippen molar-refractivity contribution in [1.82, 2.24) is 15.3 Å². The topological polar surface area (TPSA) is 64.1 Å². The molecule has 1 aliphatic heterocycles. The van der Waals surface area contributed by atoms with Gasteiger partial charge in [-0.05, 0) is 49.6 Å². The summed E-state index contributed by atoms with van der Waals surface area (Å²) in [6.07, 6.45) is 3.37. The number of benzene rings is 1. The van der Waals surface area contributed by atoms with E-state index < -0.39 is 0 Å². The summed E-state index contributed by atoms with van der Waals surface area (Å²) in [5, 5.41) is 3.79. The number of rotatable bonds is 5. The third-order valence-corrected chi connectivity index (χ3v) is 5.92. The minimum atomic E-state index is -0.338. The molecule has 144 valence electrons. The number of ether oxygens (including phenoxy) is 1. The van der Waals surface area contributed by atoms with E-state index >= 15 is 0 Å². The lowest BCUT2D eigenvalue weighted by Gasteiger charge is -2.24. The van der Waals surface area contributed by atoms with Crippen molar-refractivity contribution in [2.24, 2.45) is 0 Å². The first-order valence-corrected chi connectivity index (χ1v) is 10.0. The molecular weight excluding hydrogens is 377 g/mol. The number of nitrogens with zero attached hydrogens (tertiary/aromatic N) is 2. The summed E-state index contributed by atoms with van der Waals surface area (Å²) in [6, 6.07) is 11.5. The summed E-state index contributed by atoms with van der Waals surface area (Å²) in [6.45, 7) is 2.48. The van der Waals surface area contributed by atoms with Crippen LogP contribution in [-0.2, 0) is 4.74 Å². The van der Waals surface area contributed by atoms with Crippen molar-refractivity contribution in [1.29, 1.82) is 0 Å². The fraction of sp³-hybridized carbons (Fsp3) is 0.286. The van der Waals surface area contributed by atoms with Gasteiger partial charge in [-0.1, -0.05) is 18.2 Å². The molecule has 3 heterocycles. The van der Waals surface area contributed by atoms with E-state index in [1.807, 2.05) is 25.1 Å². The molecule has 1 amide bonds. The lowest BCUT2D eigenvalue weighted by Crippen LogP contribution is -2.36. The maximum absolute atomic E-state index is 13.3. The molecule has 0 radical (unpaired) electrons. The smallest absolute Gasteiger partial charge is 0.263 e. The Morgan fingerprint density at radius 2 is 2.11 bits per heavy atom. The maximum atomic E-state index is 13.3. The molecule has 2 atom stereocenters. The fourth-order valence-corrected chi connectivity index (χ4v) is 4.29. The molecule has 1 fully saturated rings. The summed E-state index contributed by atoms with van der Waals surface area (Å²) in [5.74, 6) is -0.513. The Morgan fingerprint density at radius 3 is 2.79 bits per heavy atom. The molecule has 0 aliphatic carbocycles.